The van der Waals surface area contributed by atoms with Crippen LogP contribution in [0.2, 0.25) is 0 Å². The number of carbonyl (C=O) groups excluding carboxylic acids is 1. The number of methoxy groups -OCH3 is 1. The Balaban J connectivity index is 1.46. The van der Waals surface area contributed by atoms with Crippen molar-refractivity contribution in [3.63, 3.8) is 0 Å². The van der Waals surface area contributed by atoms with Crippen LogP contribution in [0.15, 0.2) is 47.4 Å². The summed E-state index contributed by atoms with van der Waals surface area (Å²) in [5.41, 5.74) is 2.28. The smallest absolute Gasteiger partial charge is 0.226 e. The maximum absolute atomic E-state index is 12.4. The minimum absolute atomic E-state index is 0.0537. The van der Waals surface area contributed by atoms with Gasteiger partial charge in [-0.3, -0.25) is 4.79 Å². The van der Waals surface area contributed by atoms with Crippen LogP contribution in [0.5, 0.6) is 11.5 Å². The second kappa shape index (κ2) is 8.30. The third-order valence-corrected chi connectivity index (χ3v) is 5.25. The minimum Gasteiger partial charge on any atom is -0.493 e. The van der Waals surface area contributed by atoms with Gasteiger partial charge in [-0.15, -0.1) is 11.8 Å². The van der Waals surface area contributed by atoms with Gasteiger partial charge in [-0.1, -0.05) is 29.8 Å². The van der Waals surface area contributed by atoms with Crippen molar-refractivity contribution in [3.05, 3.63) is 53.6 Å². The van der Waals surface area contributed by atoms with E-state index in [9.17, 15) is 4.79 Å². The summed E-state index contributed by atoms with van der Waals surface area (Å²) in [6.45, 7) is 3.12. The van der Waals surface area contributed by atoms with E-state index >= 15 is 0 Å². The summed E-state index contributed by atoms with van der Waals surface area (Å²) in [5, 5.41) is 3.02. The van der Waals surface area contributed by atoms with E-state index in [0.29, 0.717) is 19.6 Å². The summed E-state index contributed by atoms with van der Waals surface area (Å²) in [6.07, 6.45) is 0.684. The Morgan fingerprint density at radius 2 is 2.08 bits per heavy atom. The fraction of sp³-hybridized carbons (Fsp3) is 0.350. The van der Waals surface area contributed by atoms with E-state index in [0.717, 1.165) is 22.8 Å². The van der Waals surface area contributed by atoms with Crippen LogP contribution < -0.4 is 14.8 Å². The van der Waals surface area contributed by atoms with Gasteiger partial charge in [-0.05, 0) is 37.1 Å². The number of hydrogen-bond donors (Lipinski definition) is 1. The molecule has 0 saturated heterocycles. The monoisotopic (exact) mass is 357 g/mol. The van der Waals surface area contributed by atoms with Crippen LogP contribution >= 0.6 is 11.8 Å². The molecule has 3 rings (SSSR count). The van der Waals surface area contributed by atoms with Crippen LogP contribution in [0.3, 0.4) is 0 Å². The highest BCUT2D eigenvalue weighted by atomic mass is 32.2. The van der Waals surface area contributed by atoms with E-state index in [1.807, 2.05) is 18.2 Å². The fourth-order valence-corrected chi connectivity index (χ4v) is 3.61. The molecule has 0 bridgehead atoms. The normalized spacial score (nSPS) is 15.8. The zero-order valence-electron chi connectivity index (χ0n) is 14.6. The molecule has 132 valence electrons. The molecule has 2 aromatic carbocycles. The molecule has 2 aromatic rings. The largest absolute Gasteiger partial charge is 0.493 e. The molecule has 1 atom stereocenters. The van der Waals surface area contributed by atoms with Gasteiger partial charge in [-0.25, -0.2) is 0 Å². The zero-order chi connectivity index (χ0) is 17.6. The predicted octanol–water partition coefficient (Wildman–Crippen LogP) is 3.46. The maximum atomic E-state index is 12.4. The van der Waals surface area contributed by atoms with Crippen molar-refractivity contribution in [2.45, 2.75) is 18.2 Å². The minimum atomic E-state index is -0.149. The number of benzene rings is 2. The van der Waals surface area contributed by atoms with Crippen molar-refractivity contribution in [2.75, 3.05) is 26.0 Å². The SMILES string of the molecule is COc1cccc2c1OC[C@H](C(=O)NCCSc1ccc(C)cc1)C2. The molecule has 1 N–H and O–H groups in total. The quantitative estimate of drug-likeness (QED) is 0.635. The number of thioether (sulfide) groups is 1. The molecule has 1 heterocycles. The third-order valence-electron chi connectivity index (χ3n) is 4.24. The lowest BCUT2D eigenvalue weighted by atomic mass is 9.95. The molecule has 0 aromatic heterocycles. The molecule has 0 saturated carbocycles. The van der Waals surface area contributed by atoms with Crippen LogP contribution in [0.4, 0.5) is 0 Å². The van der Waals surface area contributed by atoms with Crippen molar-refractivity contribution in [3.8, 4) is 11.5 Å². The van der Waals surface area contributed by atoms with Crippen LogP contribution in [0.25, 0.3) is 0 Å². The average Bonchev–Trinajstić information content (AvgIpc) is 2.65. The van der Waals surface area contributed by atoms with E-state index in [1.165, 1.54) is 10.5 Å². The summed E-state index contributed by atoms with van der Waals surface area (Å²) in [6, 6.07) is 14.2. The summed E-state index contributed by atoms with van der Waals surface area (Å²) in [4.78, 5) is 13.6. The Kier molecular flexibility index (Phi) is 5.87. The van der Waals surface area contributed by atoms with Crippen molar-refractivity contribution >= 4 is 17.7 Å². The van der Waals surface area contributed by atoms with Gasteiger partial charge in [0, 0.05) is 17.2 Å². The molecule has 0 radical (unpaired) electrons. The number of nitrogens with one attached hydrogen (secondary N) is 1. The molecule has 0 fully saturated rings. The van der Waals surface area contributed by atoms with E-state index in [2.05, 4.69) is 36.5 Å². The Morgan fingerprint density at radius 3 is 2.84 bits per heavy atom. The first-order chi connectivity index (χ1) is 12.2. The Bertz CT molecular complexity index is 730. The van der Waals surface area contributed by atoms with E-state index in [1.54, 1.807) is 18.9 Å². The number of para-hydroxylation sites is 1. The highest BCUT2D eigenvalue weighted by Crippen LogP contribution is 2.36. The first-order valence-electron chi connectivity index (χ1n) is 8.43. The summed E-state index contributed by atoms with van der Waals surface area (Å²) in [5.74, 6) is 2.25. The van der Waals surface area contributed by atoms with E-state index in [4.69, 9.17) is 9.47 Å². The number of aryl methyl sites for hydroxylation is 1. The molecule has 0 aliphatic carbocycles. The third kappa shape index (κ3) is 4.48. The molecular formula is C20H23NO3S. The molecule has 4 nitrogen and oxygen atoms in total. The van der Waals surface area contributed by atoms with E-state index < -0.39 is 0 Å². The molecule has 1 aliphatic heterocycles. The van der Waals surface area contributed by atoms with Crippen LogP contribution in [0.1, 0.15) is 11.1 Å². The second-order valence-corrected chi connectivity index (χ2v) is 7.28. The standard InChI is InChI=1S/C20H23NO3S/c1-14-6-8-17(9-7-14)25-11-10-21-20(22)16-12-15-4-3-5-18(23-2)19(15)24-13-16/h3-9,16H,10-13H2,1-2H3,(H,21,22)/t16-/m1/s1. The van der Waals surface area contributed by atoms with E-state index in [-0.39, 0.29) is 11.8 Å². The van der Waals surface area contributed by atoms with Gasteiger partial charge in [0.2, 0.25) is 5.91 Å². The highest BCUT2D eigenvalue weighted by molar-refractivity contribution is 7.99. The van der Waals surface area contributed by atoms with Gasteiger partial charge in [0.05, 0.1) is 13.0 Å². The van der Waals surface area contributed by atoms with Crippen LogP contribution in [-0.4, -0.2) is 31.9 Å². The Labute approximate surface area is 152 Å². The number of fused-ring (bicyclic) bond motifs is 1. The molecule has 1 amide bonds. The highest BCUT2D eigenvalue weighted by Gasteiger charge is 2.27. The molecule has 0 spiro atoms. The molecule has 5 heteroatoms. The Hall–Kier alpha value is -2.14. The van der Waals surface area contributed by atoms with Gasteiger partial charge in [0.1, 0.15) is 6.61 Å². The number of carbonyl (C=O) groups is 1. The van der Waals surface area contributed by atoms with Crippen molar-refractivity contribution in [2.24, 2.45) is 5.92 Å². The second-order valence-electron chi connectivity index (χ2n) is 6.11. The summed E-state index contributed by atoms with van der Waals surface area (Å²) >= 11 is 1.75. The first-order valence-corrected chi connectivity index (χ1v) is 9.42. The molecule has 0 unspecified atom stereocenters. The lowest BCUT2D eigenvalue weighted by Crippen LogP contribution is -2.38. The predicted molar refractivity (Wildman–Crippen MR) is 101 cm³/mol. The van der Waals surface area contributed by atoms with Gasteiger partial charge in [0.25, 0.3) is 0 Å². The average molecular weight is 357 g/mol. The maximum Gasteiger partial charge on any atom is 0.226 e. The zero-order valence-corrected chi connectivity index (χ0v) is 15.4. The van der Waals surface area contributed by atoms with Crippen molar-refractivity contribution < 1.29 is 14.3 Å². The van der Waals surface area contributed by atoms with Crippen molar-refractivity contribution in [1.82, 2.24) is 5.32 Å². The molecule has 1 aliphatic rings. The van der Waals surface area contributed by atoms with Gasteiger partial charge in [0.15, 0.2) is 11.5 Å². The fourth-order valence-electron chi connectivity index (χ4n) is 2.85. The van der Waals surface area contributed by atoms with Gasteiger partial charge >= 0.3 is 0 Å². The summed E-state index contributed by atoms with van der Waals surface area (Å²) < 4.78 is 11.1. The Morgan fingerprint density at radius 1 is 1.28 bits per heavy atom. The van der Waals surface area contributed by atoms with Gasteiger partial charge in [-0.2, -0.15) is 0 Å². The number of rotatable bonds is 6. The van der Waals surface area contributed by atoms with Crippen LogP contribution in [0, 0.1) is 12.8 Å². The summed E-state index contributed by atoms with van der Waals surface area (Å²) in [7, 11) is 1.63. The van der Waals surface area contributed by atoms with Crippen molar-refractivity contribution in [1.29, 1.82) is 0 Å². The number of ether oxygens (including phenoxy) is 2. The molecule has 25 heavy (non-hydrogen) atoms. The lowest BCUT2D eigenvalue weighted by Gasteiger charge is -2.25. The lowest BCUT2D eigenvalue weighted by molar-refractivity contribution is -0.126. The molecular weight excluding hydrogens is 334 g/mol. The topological polar surface area (TPSA) is 47.6 Å². The number of amides is 1. The van der Waals surface area contributed by atoms with Gasteiger partial charge < -0.3 is 14.8 Å². The van der Waals surface area contributed by atoms with Crippen LogP contribution in [-0.2, 0) is 11.2 Å². The first kappa shape index (κ1) is 17.7. The number of hydrogen-bond acceptors (Lipinski definition) is 4.